The van der Waals surface area contributed by atoms with Crippen LogP contribution in [0, 0.1) is 4.77 Å². The Morgan fingerprint density at radius 3 is 2.88 bits per heavy atom. The van der Waals surface area contributed by atoms with Gasteiger partial charge in [0.1, 0.15) is 0 Å². The number of aromatic nitrogens is 4. The average Bonchev–Trinajstić information content (AvgIpc) is 2.60. The van der Waals surface area contributed by atoms with Gasteiger partial charge in [0.25, 0.3) is 0 Å². The van der Waals surface area contributed by atoms with Crippen molar-refractivity contribution in [3.8, 4) is 11.4 Å². The van der Waals surface area contributed by atoms with E-state index in [1.807, 2.05) is 18.4 Å². The van der Waals surface area contributed by atoms with E-state index in [1.165, 1.54) is 6.07 Å². The van der Waals surface area contributed by atoms with Crippen LogP contribution in [0.25, 0.3) is 11.4 Å². The van der Waals surface area contributed by atoms with Crippen molar-refractivity contribution in [2.75, 3.05) is 0 Å². The van der Waals surface area contributed by atoms with Gasteiger partial charge in [-0.2, -0.15) is 5.10 Å². The molecule has 0 saturated carbocycles. The number of hydrogen-bond donors (Lipinski definition) is 2. The Labute approximate surface area is 97.2 Å². The highest BCUT2D eigenvalue weighted by atomic mass is 32.1. The summed E-state index contributed by atoms with van der Waals surface area (Å²) >= 11 is 5.14. The Bertz CT molecular complexity index is 608. The average molecular weight is 236 g/mol. The zero-order chi connectivity index (χ0) is 11.7. The maximum absolute atomic E-state index is 11.2. The molecule has 2 heterocycles. The lowest BCUT2D eigenvalue weighted by Gasteiger charge is -2.09. The van der Waals surface area contributed by atoms with Gasteiger partial charge >= 0.3 is 0 Å². The fourth-order valence-electron chi connectivity index (χ4n) is 1.57. The van der Waals surface area contributed by atoms with Crippen LogP contribution >= 0.6 is 12.2 Å². The van der Waals surface area contributed by atoms with E-state index in [0.717, 1.165) is 5.56 Å². The van der Waals surface area contributed by atoms with E-state index in [4.69, 9.17) is 12.2 Å². The molecule has 2 aromatic heterocycles. The number of nitrogens with one attached hydrogen (secondary N) is 2. The first-order valence-electron chi connectivity index (χ1n) is 4.95. The van der Waals surface area contributed by atoms with Crippen molar-refractivity contribution in [1.82, 2.24) is 19.7 Å². The Kier molecular flexibility index (Phi) is 2.74. The summed E-state index contributed by atoms with van der Waals surface area (Å²) in [5.74, 6) is 0.686. The standard InChI is InChI=1S/C10H12N4OS/c1-6(2)14-9(12-13-10(14)16)7-3-4-11-8(15)5-7/h3-6H,1-2H3,(H,11,15)(H,13,16). The highest BCUT2D eigenvalue weighted by Crippen LogP contribution is 2.18. The van der Waals surface area contributed by atoms with E-state index >= 15 is 0 Å². The van der Waals surface area contributed by atoms with Crippen molar-refractivity contribution in [1.29, 1.82) is 0 Å². The van der Waals surface area contributed by atoms with Gasteiger partial charge in [0, 0.05) is 23.9 Å². The summed E-state index contributed by atoms with van der Waals surface area (Å²) in [5.41, 5.74) is 0.603. The molecular weight excluding hydrogens is 224 g/mol. The number of nitrogens with zero attached hydrogens (tertiary/aromatic N) is 2. The summed E-state index contributed by atoms with van der Waals surface area (Å²) in [7, 11) is 0. The molecule has 0 aliphatic carbocycles. The minimum atomic E-state index is -0.151. The van der Waals surface area contributed by atoms with Gasteiger partial charge in [-0.15, -0.1) is 0 Å². The summed E-state index contributed by atoms with van der Waals surface area (Å²) in [4.78, 5) is 13.8. The molecule has 0 atom stereocenters. The lowest BCUT2D eigenvalue weighted by molar-refractivity contribution is 0.597. The Morgan fingerprint density at radius 1 is 1.50 bits per heavy atom. The van der Waals surface area contributed by atoms with Crippen molar-refractivity contribution in [2.45, 2.75) is 19.9 Å². The maximum atomic E-state index is 11.2. The second kappa shape index (κ2) is 4.05. The van der Waals surface area contributed by atoms with Crippen LogP contribution in [-0.4, -0.2) is 19.7 Å². The molecule has 16 heavy (non-hydrogen) atoms. The van der Waals surface area contributed by atoms with Gasteiger partial charge in [0.15, 0.2) is 10.6 Å². The third kappa shape index (κ3) is 1.83. The minimum absolute atomic E-state index is 0.151. The molecule has 2 rings (SSSR count). The smallest absolute Gasteiger partial charge is 0.248 e. The van der Waals surface area contributed by atoms with E-state index < -0.39 is 0 Å². The number of H-pyrrole nitrogens is 2. The van der Waals surface area contributed by atoms with Gasteiger partial charge in [-0.1, -0.05) is 0 Å². The summed E-state index contributed by atoms with van der Waals surface area (Å²) < 4.78 is 2.44. The van der Waals surface area contributed by atoms with Gasteiger partial charge < -0.3 is 4.98 Å². The number of pyridine rings is 1. The summed E-state index contributed by atoms with van der Waals surface area (Å²) in [6.45, 7) is 4.03. The van der Waals surface area contributed by atoms with E-state index in [1.54, 1.807) is 12.3 Å². The van der Waals surface area contributed by atoms with Crippen LogP contribution in [-0.2, 0) is 0 Å². The fraction of sp³-hybridized carbons (Fsp3) is 0.300. The van der Waals surface area contributed by atoms with Crippen LogP contribution in [0.1, 0.15) is 19.9 Å². The van der Waals surface area contributed by atoms with Crippen molar-refractivity contribution >= 4 is 12.2 Å². The lowest BCUT2D eigenvalue weighted by atomic mass is 10.2. The third-order valence-corrected chi connectivity index (χ3v) is 2.54. The lowest BCUT2D eigenvalue weighted by Crippen LogP contribution is -2.07. The Hall–Kier alpha value is -1.69. The first-order chi connectivity index (χ1) is 7.59. The van der Waals surface area contributed by atoms with E-state index in [-0.39, 0.29) is 11.6 Å². The van der Waals surface area contributed by atoms with Crippen LogP contribution in [0.5, 0.6) is 0 Å². The van der Waals surface area contributed by atoms with E-state index in [9.17, 15) is 4.79 Å². The highest BCUT2D eigenvalue weighted by Gasteiger charge is 2.11. The quantitative estimate of drug-likeness (QED) is 0.782. The van der Waals surface area contributed by atoms with Gasteiger partial charge in [0.2, 0.25) is 5.56 Å². The van der Waals surface area contributed by atoms with Crippen LogP contribution in [0.2, 0.25) is 0 Å². The molecule has 5 nitrogen and oxygen atoms in total. The van der Waals surface area contributed by atoms with Crippen LogP contribution in [0.3, 0.4) is 0 Å². The Morgan fingerprint density at radius 2 is 2.25 bits per heavy atom. The molecule has 0 bridgehead atoms. The zero-order valence-electron chi connectivity index (χ0n) is 9.02. The van der Waals surface area contributed by atoms with Crippen molar-refractivity contribution in [2.24, 2.45) is 0 Å². The minimum Gasteiger partial charge on any atom is -0.329 e. The first-order valence-corrected chi connectivity index (χ1v) is 5.36. The van der Waals surface area contributed by atoms with E-state index in [0.29, 0.717) is 10.6 Å². The molecule has 0 aliphatic heterocycles. The summed E-state index contributed by atoms with van der Waals surface area (Å²) in [5, 5.41) is 6.88. The van der Waals surface area contributed by atoms with Gasteiger partial charge in [0.05, 0.1) is 0 Å². The van der Waals surface area contributed by atoms with Gasteiger partial charge in [-0.05, 0) is 32.1 Å². The molecule has 0 fully saturated rings. The molecule has 0 aromatic carbocycles. The number of rotatable bonds is 2. The molecular formula is C10H12N4OS. The van der Waals surface area contributed by atoms with Crippen molar-refractivity contribution in [3.63, 3.8) is 0 Å². The second-order valence-electron chi connectivity index (χ2n) is 3.76. The van der Waals surface area contributed by atoms with Crippen LogP contribution in [0.15, 0.2) is 23.1 Å². The van der Waals surface area contributed by atoms with Crippen LogP contribution < -0.4 is 5.56 Å². The monoisotopic (exact) mass is 236 g/mol. The normalized spacial score (nSPS) is 10.9. The largest absolute Gasteiger partial charge is 0.329 e. The number of aromatic amines is 2. The molecule has 0 spiro atoms. The maximum Gasteiger partial charge on any atom is 0.248 e. The predicted octanol–water partition coefficient (Wildman–Crippen LogP) is 1.88. The zero-order valence-corrected chi connectivity index (χ0v) is 9.84. The molecule has 0 aliphatic rings. The van der Waals surface area contributed by atoms with Crippen molar-refractivity contribution < 1.29 is 0 Å². The fourth-order valence-corrected chi connectivity index (χ4v) is 1.91. The third-order valence-electron chi connectivity index (χ3n) is 2.25. The predicted molar refractivity (Wildman–Crippen MR) is 63.9 cm³/mol. The SMILES string of the molecule is CC(C)n1c(-c2cc[nH]c(=O)c2)n[nH]c1=S. The highest BCUT2D eigenvalue weighted by molar-refractivity contribution is 7.71. The summed E-state index contributed by atoms with van der Waals surface area (Å²) in [6.07, 6.45) is 1.60. The molecule has 0 radical (unpaired) electrons. The molecule has 0 unspecified atom stereocenters. The first kappa shape index (κ1) is 10.8. The topological polar surface area (TPSA) is 66.5 Å². The van der Waals surface area contributed by atoms with Crippen LogP contribution in [0.4, 0.5) is 0 Å². The second-order valence-corrected chi connectivity index (χ2v) is 4.14. The van der Waals surface area contributed by atoms with Gasteiger partial charge in [-0.3, -0.25) is 14.5 Å². The van der Waals surface area contributed by atoms with Crippen molar-refractivity contribution in [3.05, 3.63) is 33.5 Å². The number of hydrogen-bond acceptors (Lipinski definition) is 3. The molecule has 6 heteroatoms. The van der Waals surface area contributed by atoms with E-state index in [2.05, 4.69) is 15.2 Å². The summed E-state index contributed by atoms with van der Waals surface area (Å²) in [6, 6.07) is 3.50. The molecule has 84 valence electrons. The Balaban J connectivity index is 2.65. The molecule has 2 N–H and O–H groups in total. The molecule has 2 aromatic rings. The van der Waals surface area contributed by atoms with Gasteiger partial charge in [-0.25, -0.2) is 0 Å². The molecule has 0 saturated heterocycles. The molecule has 0 amide bonds.